The molecule has 0 saturated heterocycles. The van der Waals surface area contributed by atoms with Crippen LogP contribution in [-0.2, 0) is 0 Å². The van der Waals surface area contributed by atoms with E-state index in [0.29, 0.717) is 12.0 Å². The Morgan fingerprint density at radius 1 is 1.09 bits per heavy atom. The van der Waals surface area contributed by atoms with Crippen LogP contribution in [-0.4, -0.2) is 39.5 Å². The topological polar surface area (TPSA) is 70.5 Å². The molecule has 1 amide bonds. The molecule has 1 N–H and O–H groups in total. The van der Waals surface area contributed by atoms with Crippen LogP contribution in [0.4, 0.5) is 0 Å². The Kier molecular flexibility index (Phi) is 4.41. The van der Waals surface area contributed by atoms with E-state index in [1.165, 1.54) is 38.2 Å². The van der Waals surface area contributed by atoms with Crippen molar-refractivity contribution in [3.63, 3.8) is 0 Å². The van der Waals surface area contributed by atoms with Crippen LogP contribution in [0.15, 0.2) is 18.2 Å². The molecule has 0 aromatic carbocycles. The van der Waals surface area contributed by atoms with E-state index in [0.717, 1.165) is 19.4 Å². The van der Waals surface area contributed by atoms with Gasteiger partial charge in [0.15, 0.2) is 0 Å². The highest BCUT2D eigenvalue weighted by molar-refractivity contribution is 5.94. The third-order valence-corrected chi connectivity index (χ3v) is 4.62. The number of carboxylic acid groups (broad SMARTS) is 1. The summed E-state index contributed by atoms with van der Waals surface area (Å²) in [6.07, 6.45) is 8.30. The molecule has 0 spiro atoms. The number of aromatic nitrogens is 1. The van der Waals surface area contributed by atoms with Crippen molar-refractivity contribution in [3.8, 4) is 0 Å². The standard InChI is InChI=1S/C17H22N2O3/c20-16(14-7-4-8-15(18-14)17(21)22)19(13-9-10-13)11-12-5-2-1-3-6-12/h4,7-8,12-13H,1-3,5-6,9-11H2,(H,21,22). The number of carbonyl (C=O) groups excluding carboxylic acids is 1. The molecule has 22 heavy (non-hydrogen) atoms. The SMILES string of the molecule is O=C(O)c1cccc(C(=O)N(CC2CCCCC2)C2CC2)n1. The number of hydrogen-bond acceptors (Lipinski definition) is 3. The number of carboxylic acids is 1. The summed E-state index contributed by atoms with van der Waals surface area (Å²) >= 11 is 0. The van der Waals surface area contributed by atoms with Gasteiger partial charge in [-0.15, -0.1) is 0 Å². The Hall–Kier alpha value is -1.91. The maximum Gasteiger partial charge on any atom is 0.354 e. The van der Waals surface area contributed by atoms with Crippen LogP contribution in [0.5, 0.6) is 0 Å². The fraction of sp³-hybridized carbons (Fsp3) is 0.588. The molecule has 2 saturated carbocycles. The second kappa shape index (κ2) is 6.46. The fourth-order valence-electron chi connectivity index (χ4n) is 3.25. The zero-order valence-electron chi connectivity index (χ0n) is 12.7. The van der Waals surface area contributed by atoms with E-state index in [1.807, 2.05) is 4.90 Å². The van der Waals surface area contributed by atoms with Crippen LogP contribution < -0.4 is 0 Å². The molecule has 1 aromatic rings. The first-order valence-corrected chi connectivity index (χ1v) is 8.16. The summed E-state index contributed by atoms with van der Waals surface area (Å²) in [5.74, 6) is -0.628. The molecular weight excluding hydrogens is 280 g/mol. The van der Waals surface area contributed by atoms with Gasteiger partial charge in [0.05, 0.1) is 0 Å². The number of nitrogens with zero attached hydrogens (tertiary/aromatic N) is 2. The van der Waals surface area contributed by atoms with E-state index in [4.69, 9.17) is 5.11 Å². The fourth-order valence-corrected chi connectivity index (χ4v) is 3.25. The Morgan fingerprint density at radius 3 is 2.41 bits per heavy atom. The lowest BCUT2D eigenvalue weighted by Gasteiger charge is -2.29. The molecule has 2 aliphatic carbocycles. The average molecular weight is 302 g/mol. The highest BCUT2D eigenvalue weighted by atomic mass is 16.4. The quantitative estimate of drug-likeness (QED) is 0.907. The summed E-state index contributed by atoms with van der Waals surface area (Å²) in [6, 6.07) is 4.95. The van der Waals surface area contributed by atoms with Gasteiger partial charge in [0.25, 0.3) is 5.91 Å². The first kappa shape index (κ1) is 15.0. The first-order chi connectivity index (χ1) is 10.6. The molecule has 1 aromatic heterocycles. The predicted molar refractivity (Wildman–Crippen MR) is 81.8 cm³/mol. The summed E-state index contributed by atoms with van der Waals surface area (Å²) in [6.45, 7) is 0.794. The van der Waals surface area contributed by atoms with Crippen LogP contribution >= 0.6 is 0 Å². The summed E-state index contributed by atoms with van der Waals surface area (Å²) in [5, 5.41) is 9.02. The van der Waals surface area contributed by atoms with Gasteiger partial charge in [0, 0.05) is 12.6 Å². The lowest BCUT2D eigenvalue weighted by atomic mass is 9.89. The summed E-state index contributed by atoms with van der Waals surface area (Å²) in [4.78, 5) is 29.7. The minimum absolute atomic E-state index is 0.0701. The van der Waals surface area contributed by atoms with Crippen molar-refractivity contribution in [1.82, 2.24) is 9.88 Å². The van der Waals surface area contributed by atoms with E-state index in [2.05, 4.69) is 4.98 Å². The molecular formula is C17H22N2O3. The van der Waals surface area contributed by atoms with Gasteiger partial charge in [0.2, 0.25) is 0 Å². The molecule has 1 heterocycles. The normalized spacial score (nSPS) is 18.9. The van der Waals surface area contributed by atoms with Crippen molar-refractivity contribution < 1.29 is 14.7 Å². The molecule has 0 unspecified atom stereocenters. The molecule has 118 valence electrons. The van der Waals surface area contributed by atoms with Crippen molar-refractivity contribution >= 4 is 11.9 Å². The zero-order chi connectivity index (χ0) is 15.5. The third kappa shape index (κ3) is 3.46. The highest BCUT2D eigenvalue weighted by Gasteiger charge is 2.35. The van der Waals surface area contributed by atoms with Crippen molar-refractivity contribution in [2.45, 2.75) is 51.0 Å². The molecule has 2 fully saturated rings. The van der Waals surface area contributed by atoms with E-state index in [-0.39, 0.29) is 17.3 Å². The number of rotatable bonds is 5. The van der Waals surface area contributed by atoms with E-state index in [9.17, 15) is 9.59 Å². The smallest absolute Gasteiger partial charge is 0.354 e. The highest BCUT2D eigenvalue weighted by Crippen LogP contribution is 2.32. The largest absolute Gasteiger partial charge is 0.477 e. The summed E-state index contributed by atoms with van der Waals surface area (Å²) in [5.41, 5.74) is 0.182. The zero-order valence-corrected chi connectivity index (χ0v) is 12.7. The van der Waals surface area contributed by atoms with Gasteiger partial charge in [-0.3, -0.25) is 4.79 Å². The molecule has 0 aliphatic heterocycles. The second-order valence-corrected chi connectivity index (χ2v) is 6.41. The molecule has 0 atom stereocenters. The number of carbonyl (C=O) groups is 2. The maximum atomic E-state index is 12.7. The van der Waals surface area contributed by atoms with Gasteiger partial charge in [-0.25, -0.2) is 9.78 Å². The van der Waals surface area contributed by atoms with Crippen LogP contribution in [0.1, 0.15) is 65.9 Å². The van der Waals surface area contributed by atoms with E-state index < -0.39 is 5.97 Å². The molecule has 5 nitrogen and oxygen atoms in total. The number of amides is 1. The van der Waals surface area contributed by atoms with Gasteiger partial charge in [0.1, 0.15) is 11.4 Å². The van der Waals surface area contributed by atoms with Crippen molar-refractivity contribution in [3.05, 3.63) is 29.6 Å². The Balaban J connectivity index is 1.74. The Morgan fingerprint density at radius 2 is 1.77 bits per heavy atom. The minimum atomic E-state index is -1.10. The van der Waals surface area contributed by atoms with Crippen molar-refractivity contribution in [2.75, 3.05) is 6.54 Å². The van der Waals surface area contributed by atoms with Crippen LogP contribution in [0.3, 0.4) is 0 Å². The molecule has 0 radical (unpaired) electrons. The lowest BCUT2D eigenvalue weighted by molar-refractivity contribution is 0.0685. The van der Waals surface area contributed by atoms with Crippen molar-refractivity contribution in [2.24, 2.45) is 5.92 Å². The third-order valence-electron chi connectivity index (χ3n) is 4.62. The predicted octanol–water partition coefficient (Wildman–Crippen LogP) is 2.96. The van der Waals surface area contributed by atoms with Gasteiger partial charge in [-0.1, -0.05) is 25.3 Å². The summed E-state index contributed by atoms with van der Waals surface area (Å²) in [7, 11) is 0. The Bertz CT molecular complexity index is 563. The van der Waals surface area contributed by atoms with E-state index >= 15 is 0 Å². The van der Waals surface area contributed by atoms with Gasteiger partial charge < -0.3 is 10.0 Å². The van der Waals surface area contributed by atoms with Gasteiger partial charge in [-0.2, -0.15) is 0 Å². The Labute approximate surface area is 130 Å². The maximum absolute atomic E-state index is 12.7. The second-order valence-electron chi connectivity index (χ2n) is 6.41. The van der Waals surface area contributed by atoms with E-state index in [1.54, 1.807) is 12.1 Å². The van der Waals surface area contributed by atoms with Crippen LogP contribution in [0, 0.1) is 5.92 Å². The number of hydrogen-bond donors (Lipinski definition) is 1. The average Bonchev–Trinajstić information content (AvgIpc) is 3.38. The number of pyridine rings is 1. The van der Waals surface area contributed by atoms with Gasteiger partial charge in [-0.05, 0) is 43.7 Å². The van der Waals surface area contributed by atoms with Crippen molar-refractivity contribution in [1.29, 1.82) is 0 Å². The van der Waals surface area contributed by atoms with Crippen LogP contribution in [0.2, 0.25) is 0 Å². The molecule has 3 rings (SSSR count). The molecule has 0 bridgehead atoms. The molecule has 2 aliphatic rings. The monoisotopic (exact) mass is 302 g/mol. The number of aromatic carboxylic acids is 1. The summed E-state index contributed by atoms with van der Waals surface area (Å²) < 4.78 is 0. The minimum Gasteiger partial charge on any atom is -0.477 e. The first-order valence-electron chi connectivity index (χ1n) is 8.16. The lowest BCUT2D eigenvalue weighted by Crippen LogP contribution is -2.38. The van der Waals surface area contributed by atoms with Gasteiger partial charge >= 0.3 is 5.97 Å². The van der Waals surface area contributed by atoms with Crippen LogP contribution in [0.25, 0.3) is 0 Å². The molecule has 5 heteroatoms.